The van der Waals surface area contributed by atoms with E-state index in [2.05, 4.69) is 0 Å². The van der Waals surface area contributed by atoms with Crippen molar-refractivity contribution in [3.05, 3.63) is 87.9 Å². The highest BCUT2D eigenvalue weighted by Gasteiger charge is 2.47. The molecule has 198 valence electrons. The first-order valence-corrected chi connectivity index (χ1v) is 12.9. The van der Waals surface area contributed by atoms with E-state index in [-0.39, 0.29) is 11.3 Å². The molecule has 0 aromatic heterocycles. The van der Waals surface area contributed by atoms with Crippen molar-refractivity contribution < 1.29 is 28.9 Å². The number of aliphatic hydroxyl groups is 1. The second-order valence-corrected chi connectivity index (χ2v) is 9.02. The van der Waals surface area contributed by atoms with Gasteiger partial charge in [-0.3, -0.25) is 14.5 Å². The minimum atomic E-state index is -0.918. The summed E-state index contributed by atoms with van der Waals surface area (Å²) in [5.74, 6) is -0.527. The average molecular weight is 536 g/mol. The molecule has 1 saturated heterocycles. The molecule has 8 heteroatoms. The van der Waals surface area contributed by atoms with E-state index in [9.17, 15) is 14.7 Å². The topological polar surface area (TPSA) is 85.3 Å². The lowest BCUT2D eigenvalue weighted by Gasteiger charge is -2.26. The van der Waals surface area contributed by atoms with Crippen LogP contribution in [0.4, 0.5) is 5.69 Å². The van der Waals surface area contributed by atoms with Crippen LogP contribution in [0.15, 0.2) is 66.2 Å². The maximum Gasteiger partial charge on any atom is 0.300 e. The van der Waals surface area contributed by atoms with Gasteiger partial charge in [0.25, 0.3) is 11.7 Å². The third-order valence-electron chi connectivity index (χ3n) is 6.37. The molecule has 0 saturated carbocycles. The van der Waals surface area contributed by atoms with Gasteiger partial charge in [-0.15, -0.1) is 0 Å². The van der Waals surface area contributed by atoms with E-state index in [4.69, 9.17) is 25.8 Å². The fourth-order valence-electron chi connectivity index (χ4n) is 4.51. The highest BCUT2D eigenvalue weighted by molar-refractivity contribution is 6.51. The largest absolute Gasteiger partial charge is 0.507 e. The number of aliphatic hydroxyl groups excluding tert-OH is 1. The fraction of sp³-hybridized carbons (Fsp3) is 0.267. The number of methoxy groups -OCH3 is 1. The van der Waals surface area contributed by atoms with Gasteiger partial charge < -0.3 is 19.3 Å². The van der Waals surface area contributed by atoms with Gasteiger partial charge in [0.15, 0.2) is 11.5 Å². The summed E-state index contributed by atoms with van der Waals surface area (Å²) >= 11 is 6.24. The Morgan fingerprint density at radius 2 is 1.58 bits per heavy atom. The van der Waals surface area contributed by atoms with Crippen molar-refractivity contribution >= 4 is 34.7 Å². The molecule has 1 heterocycles. The molecule has 1 atom stereocenters. The van der Waals surface area contributed by atoms with E-state index in [1.807, 2.05) is 32.9 Å². The number of Topliss-reactive ketones (excluding diaryl/α,β-unsaturated/α-hetero) is 1. The number of halogens is 1. The van der Waals surface area contributed by atoms with Gasteiger partial charge in [0.05, 0.1) is 37.0 Å². The third kappa shape index (κ3) is 5.07. The van der Waals surface area contributed by atoms with Crippen LogP contribution in [0.2, 0.25) is 5.02 Å². The van der Waals surface area contributed by atoms with Gasteiger partial charge in [0, 0.05) is 11.3 Å². The molecule has 1 N–H and O–H groups in total. The molecule has 1 aliphatic rings. The Balaban J connectivity index is 1.95. The minimum Gasteiger partial charge on any atom is -0.507 e. The number of ketones is 1. The van der Waals surface area contributed by atoms with Crippen LogP contribution in [0.1, 0.15) is 43.5 Å². The van der Waals surface area contributed by atoms with Crippen LogP contribution in [0.3, 0.4) is 0 Å². The Morgan fingerprint density at radius 3 is 2.21 bits per heavy atom. The predicted molar refractivity (Wildman–Crippen MR) is 147 cm³/mol. The minimum absolute atomic E-state index is 0.0491. The molecule has 1 amide bonds. The highest BCUT2D eigenvalue weighted by Crippen LogP contribution is 2.44. The second kappa shape index (κ2) is 11.6. The van der Waals surface area contributed by atoms with Crippen LogP contribution in [-0.2, 0) is 16.0 Å². The monoisotopic (exact) mass is 535 g/mol. The molecule has 3 aromatic rings. The van der Waals surface area contributed by atoms with Crippen LogP contribution in [-0.4, -0.2) is 37.1 Å². The lowest BCUT2D eigenvalue weighted by Crippen LogP contribution is -2.29. The summed E-state index contributed by atoms with van der Waals surface area (Å²) in [5, 5.41) is 11.8. The zero-order valence-electron chi connectivity index (χ0n) is 21.8. The Kier molecular flexibility index (Phi) is 8.27. The highest BCUT2D eigenvalue weighted by atomic mass is 35.5. The van der Waals surface area contributed by atoms with Crippen molar-refractivity contribution in [1.29, 1.82) is 0 Å². The molecule has 1 unspecified atom stereocenters. The number of hydrogen-bond donors (Lipinski definition) is 1. The van der Waals surface area contributed by atoms with Crippen LogP contribution >= 0.6 is 11.6 Å². The standard InChI is InChI=1S/C30H30ClNO6/c1-5-18-8-12-21(13-9-18)32-27(19-11-15-23(36-4)25(16-19)38-7-3)26(29(34)30(32)35)28(33)20-10-14-22(31)24(17-20)37-6-2/h8-17,27,33H,5-7H2,1-4H3/b28-26-. The van der Waals surface area contributed by atoms with Gasteiger partial charge in [-0.25, -0.2) is 0 Å². The lowest BCUT2D eigenvalue weighted by molar-refractivity contribution is -0.132. The zero-order valence-corrected chi connectivity index (χ0v) is 22.5. The van der Waals surface area contributed by atoms with Crippen LogP contribution < -0.4 is 19.1 Å². The first-order valence-electron chi connectivity index (χ1n) is 12.5. The first-order chi connectivity index (χ1) is 18.3. The Labute approximate surface area is 227 Å². The van der Waals surface area contributed by atoms with Gasteiger partial charge in [-0.2, -0.15) is 0 Å². The third-order valence-corrected chi connectivity index (χ3v) is 6.69. The molecule has 3 aromatic carbocycles. The maximum absolute atomic E-state index is 13.5. The van der Waals surface area contributed by atoms with Gasteiger partial charge in [-0.05, 0) is 73.9 Å². The molecule has 4 rings (SSSR count). The number of carbonyl (C=O) groups excluding carboxylic acids is 2. The van der Waals surface area contributed by atoms with E-state index >= 15 is 0 Å². The number of benzene rings is 3. The smallest absolute Gasteiger partial charge is 0.300 e. The molecule has 38 heavy (non-hydrogen) atoms. The summed E-state index contributed by atoms with van der Waals surface area (Å²) in [6.07, 6.45) is 0.831. The fourth-order valence-corrected chi connectivity index (χ4v) is 4.68. The second-order valence-electron chi connectivity index (χ2n) is 8.61. The molecule has 7 nitrogen and oxygen atoms in total. The molecule has 1 fully saturated rings. The zero-order chi connectivity index (χ0) is 27.4. The summed E-state index contributed by atoms with van der Waals surface area (Å²) in [6.45, 7) is 6.47. The van der Waals surface area contributed by atoms with Crippen molar-refractivity contribution in [2.75, 3.05) is 25.2 Å². The number of amides is 1. The molecule has 1 aliphatic heterocycles. The molecule has 0 bridgehead atoms. The molecular formula is C30H30ClNO6. The summed E-state index contributed by atoms with van der Waals surface area (Å²) in [7, 11) is 1.54. The molecule has 0 aliphatic carbocycles. The maximum atomic E-state index is 13.5. The Morgan fingerprint density at radius 1 is 0.895 bits per heavy atom. The Hall–Kier alpha value is -3.97. The van der Waals surface area contributed by atoms with Crippen LogP contribution in [0.25, 0.3) is 5.76 Å². The summed E-state index contributed by atoms with van der Waals surface area (Å²) in [5.41, 5.74) is 2.46. The van der Waals surface area contributed by atoms with Gasteiger partial charge >= 0.3 is 0 Å². The predicted octanol–water partition coefficient (Wildman–Crippen LogP) is 6.33. The van der Waals surface area contributed by atoms with E-state index in [1.54, 1.807) is 48.5 Å². The van der Waals surface area contributed by atoms with Crippen molar-refractivity contribution in [1.82, 2.24) is 0 Å². The molecular weight excluding hydrogens is 506 g/mol. The van der Waals surface area contributed by atoms with Gasteiger partial charge in [0.2, 0.25) is 0 Å². The average Bonchev–Trinajstić information content (AvgIpc) is 3.20. The van der Waals surface area contributed by atoms with Crippen LogP contribution in [0.5, 0.6) is 17.2 Å². The van der Waals surface area contributed by atoms with Gasteiger partial charge in [-0.1, -0.05) is 36.7 Å². The Bertz CT molecular complexity index is 1380. The summed E-state index contributed by atoms with van der Waals surface area (Å²) in [4.78, 5) is 28.4. The number of aryl methyl sites for hydroxylation is 1. The van der Waals surface area contributed by atoms with Crippen molar-refractivity contribution in [2.45, 2.75) is 33.2 Å². The van der Waals surface area contributed by atoms with E-state index < -0.39 is 17.7 Å². The number of anilines is 1. The first kappa shape index (κ1) is 27.1. The summed E-state index contributed by atoms with van der Waals surface area (Å²) in [6, 6.07) is 16.4. The normalized spacial score (nSPS) is 16.6. The van der Waals surface area contributed by atoms with Crippen LogP contribution in [0, 0.1) is 0 Å². The number of carbonyl (C=O) groups is 2. The van der Waals surface area contributed by atoms with Gasteiger partial charge in [0.1, 0.15) is 11.5 Å². The van der Waals surface area contributed by atoms with Crippen molar-refractivity contribution in [2.24, 2.45) is 0 Å². The van der Waals surface area contributed by atoms with E-state index in [0.717, 1.165) is 12.0 Å². The summed E-state index contributed by atoms with van der Waals surface area (Å²) < 4.78 is 16.8. The van der Waals surface area contributed by atoms with Crippen molar-refractivity contribution in [3.63, 3.8) is 0 Å². The van der Waals surface area contributed by atoms with Crippen molar-refractivity contribution in [3.8, 4) is 17.2 Å². The SMILES string of the molecule is CCOc1cc(/C(O)=C2/C(=O)C(=O)N(c3ccc(CC)cc3)C2c2ccc(OC)c(OCC)c2)ccc1Cl. The quantitative estimate of drug-likeness (QED) is 0.196. The number of rotatable bonds is 9. The number of ether oxygens (including phenoxy) is 3. The van der Waals surface area contributed by atoms with E-state index in [1.165, 1.54) is 12.0 Å². The number of hydrogen-bond acceptors (Lipinski definition) is 6. The number of nitrogens with zero attached hydrogens (tertiary/aromatic N) is 1. The van der Waals surface area contributed by atoms with E-state index in [0.29, 0.717) is 52.3 Å². The molecule has 0 radical (unpaired) electrons. The lowest BCUT2D eigenvalue weighted by atomic mass is 9.94. The molecule has 0 spiro atoms.